The quantitative estimate of drug-likeness (QED) is 0.208. The van der Waals surface area contributed by atoms with Gasteiger partial charge in [0.25, 0.3) is 0 Å². The van der Waals surface area contributed by atoms with E-state index in [0.29, 0.717) is 31.3 Å². The molecule has 29 heavy (non-hydrogen) atoms. The first-order valence-corrected chi connectivity index (χ1v) is 10.6. The number of halogens is 1. The van der Waals surface area contributed by atoms with Crippen molar-refractivity contribution >= 4 is 53.4 Å². The minimum absolute atomic E-state index is 0. The first kappa shape index (κ1) is 25.2. The van der Waals surface area contributed by atoms with E-state index in [0.717, 1.165) is 12.1 Å². The van der Waals surface area contributed by atoms with Crippen LogP contribution in [-0.4, -0.2) is 36.2 Å². The lowest BCUT2D eigenvalue weighted by Crippen LogP contribution is -2.38. The van der Waals surface area contributed by atoms with Crippen molar-refractivity contribution in [2.45, 2.75) is 38.6 Å². The number of aromatic nitrogens is 1. The maximum atomic E-state index is 12.1. The van der Waals surface area contributed by atoms with Crippen molar-refractivity contribution in [3.8, 4) is 0 Å². The molecule has 0 aliphatic heterocycles. The standard InChI is InChI=1S/C21H29N5OS.HI/c1-5-22-21(25-14-17-8-6-15(2)12-18(17)28-4)23-11-10-20(27)26-19-9-7-16(3)13-24-19;/h6-9,12-13H,5,10-11,14H2,1-4H3,(H2,22,23,25)(H,24,26,27);1H. The third-order valence-electron chi connectivity index (χ3n) is 4.02. The maximum absolute atomic E-state index is 12.1. The summed E-state index contributed by atoms with van der Waals surface area (Å²) in [6, 6.07) is 10.1. The van der Waals surface area contributed by atoms with Crippen molar-refractivity contribution in [1.29, 1.82) is 0 Å². The van der Waals surface area contributed by atoms with E-state index in [2.05, 4.69) is 57.3 Å². The van der Waals surface area contributed by atoms with Crippen LogP contribution in [0.5, 0.6) is 0 Å². The summed E-state index contributed by atoms with van der Waals surface area (Å²) in [6.07, 6.45) is 4.14. The van der Waals surface area contributed by atoms with Crippen LogP contribution in [-0.2, 0) is 11.3 Å². The zero-order chi connectivity index (χ0) is 20.4. The highest BCUT2D eigenvalue weighted by Gasteiger charge is 2.06. The topological polar surface area (TPSA) is 78.4 Å². The monoisotopic (exact) mass is 527 g/mol. The van der Waals surface area contributed by atoms with Crippen molar-refractivity contribution in [3.63, 3.8) is 0 Å². The molecule has 1 aromatic heterocycles. The van der Waals surface area contributed by atoms with Crippen LogP contribution in [0, 0.1) is 13.8 Å². The number of nitrogens with zero attached hydrogens (tertiary/aromatic N) is 2. The van der Waals surface area contributed by atoms with Crippen LogP contribution in [0.25, 0.3) is 0 Å². The van der Waals surface area contributed by atoms with Crippen LogP contribution in [0.15, 0.2) is 46.4 Å². The van der Waals surface area contributed by atoms with E-state index < -0.39 is 0 Å². The zero-order valence-corrected chi connectivity index (χ0v) is 20.6. The fourth-order valence-corrected chi connectivity index (χ4v) is 3.23. The molecule has 0 spiro atoms. The van der Waals surface area contributed by atoms with Gasteiger partial charge in [0, 0.05) is 30.6 Å². The fraction of sp³-hybridized carbons (Fsp3) is 0.381. The number of aryl methyl sites for hydroxylation is 2. The molecule has 2 aromatic rings. The second kappa shape index (κ2) is 13.4. The number of hydrogen-bond acceptors (Lipinski definition) is 4. The first-order valence-electron chi connectivity index (χ1n) is 9.40. The van der Waals surface area contributed by atoms with E-state index >= 15 is 0 Å². The van der Waals surface area contributed by atoms with Gasteiger partial charge in [-0.1, -0.05) is 18.2 Å². The Morgan fingerprint density at radius 2 is 1.90 bits per heavy atom. The number of carbonyl (C=O) groups is 1. The molecule has 0 aliphatic rings. The Labute approximate surface area is 194 Å². The van der Waals surface area contributed by atoms with Gasteiger partial charge in [-0.05, 0) is 55.9 Å². The summed E-state index contributed by atoms with van der Waals surface area (Å²) in [4.78, 5) is 22.2. The SMILES string of the molecule is CCNC(=NCc1ccc(C)cc1SC)NCCC(=O)Nc1ccc(C)cn1.I. The molecule has 6 nitrogen and oxygen atoms in total. The second-order valence-electron chi connectivity index (χ2n) is 6.46. The first-order chi connectivity index (χ1) is 13.5. The van der Waals surface area contributed by atoms with Crippen LogP contribution >= 0.6 is 35.7 Å². The number of carbonyl (C=O) groups excluding carboxylic acids is 1. The Kier molecular flexibility index (Phi) is 11.7. The van der Waals surface area contributed by atoms with Gasteiger partial charge in [0.05, 0.1) is 6.54 Å². The number of hydrogen-bond donors (Lipinski definition) is 3. The Bertz CT molecular complexity index is 811. The third-order valence-corrected chi connectivity index (χ3v) is 4.84. The van der Waals surface area contributed by atoms with Gasteiger partial charge in [0.2, 0.25) is 5.91 Å². The molecule has 0 unspecified atom stereocenters. The van der Waals surface area contributed by atoms with E-state index in [9.17, 15) is 4.79 Å². The summed E-state index contributed by atoms with van der Waals surface area (Å²) in [5.74, 6) is 1.19. The highest BCUT2D eigenvalue weighted by atomic mass is 127. The number of thioether (sulfide) groups is 1. The molecule has 0 aliphatic carbocycles. The lowest BCUT2D eigenvalue weighted by molar-refractivity contribution is -0.116. The molecule has 2 rings (SSSR count). The lowest BCUT2D eigenvalue weighted by Gasteiger charge is -2.12. The van der Waals surface area contributed by atoms with Gasteiger partial charge >= 0.3 is 0 Å². The predicted octanol–water partition coefficient (Wildman–Crippen LogP) is 4.12. The average molecular weight is 527 g/mol. The normalized spacial score (nSPS) is 10.8. The number of anilines is 1. The molecular formula is C21H30IN5OS. The number of rotatable bonds is 8. The Morgan fingerprint density at radius 3 is 2.55 bits per heavy atom. The molecule has 0 saturated carbocycles. The van der Waals surface area contributed by atoms with Crippen LogP contribution in [0.1, 0.15) is 30.0 Å². The molecule has 0 radical (unpaired) electrons. The lowest BCUT2D eigenvalue weighted by atomic mass is 10.1. The molecule has 0 fully saturated rings. The fourth-order valence-electron chi connectivity index (χ4n) is 2.53. The number of pyridine rings is 1. The Morgan fingerprint density at radius 1 is 1.14 bits per heavy atom. The maximum Gasteiger partial charge on any atom is 0.227 e. The van der Waals surface area contributed by atoms with E-state index in [-0.39, 0.29) is 29.9 Å². The summed E-state index contributed by atoms with van der Waals surface area (Å²) in [5.41, 5.74) is 3.50. The molecular weight excluding hydrogens is 497 g/mol. The van der Waals surface area contributed by atoms with E-state index in [1.54, 1.807) is 24.0 Å². The van der Waals surface area contributed by atoms with Crippen molar-refractivity contribution in [1.82, 2.24) is 15.6 Å². The van der Waals surface area contributed by atoms with Gasteiger partial charge in [-0.3, -0.25) is 4.79 Å². The van der Waals surface area contributed by atoms with Crippen LogP contribution in [0.4, 0.5) is 5.82 Å². The molecule has 0 bridgehead atoms. The third kappa shape index (κ3) is 9.03. The van der Waals surface area contributed by atoms with E-state index in [1.165, 1.54) is 16.0 Å². The molecule has 1 amide bonds. The zero-order valence-electron chi connectivity index (χ0n) is 17.4. The number of amides is 1. The van der Waals surface area contributed by atoms with Gasteiger partial charge < -0.3 is 16.0 Å². The predicted molar refractivity (Wildman–Crippen MR) is 133 cm³/mol. The summed E-state index contributed by atoms with van der Waals surface area (Å²) in [6.45, 7) is 7.91. The molecule has 3 N–H and O–H groups in total. The minimum atomic E-state index is -0.0806. The minimum Gasteiger partial charge on any atom is -0.357 e. The van der Waals surface area contributed by atoms with Crippen LogP contribution in [0.3, 0.4) is 0 Å². The van der Waals surface area contributed by atoms with Gasteiger partial charge in [-0.25, -0.2) is 9.98 Å². The number of benzene rings is 1. The highest BCUT2D eigenvalue weighted by Crippen LogP contribution is 2.22. The molecule has 0 atom stereocenters. The van der Waals surface area contributed by atoms with E-state index in [4.69, 9.17) is 0 Å². The largest absolute Gasteiger partial charge is 0.357 e. The van der Waals surface area contributed by atoms with Crippen LogP contribution < -0.4 is 16.0 Å². The van der Waals surface area contributed by atoms with Gasteiger partial charge in [-0.15, -0.1) is 35.7 Å². The van der Waals surface area contributed by atoms with E-state index in [1.807, 2.05) is 19.9 Å². The van der Waals surface area contributed by atoms with Crippen LogP contribution in [0.2, 0.25) is 0 Å². The number of guanidine groups is 1. The molecule has 1 heterocycles. The Balaban J connectivity index is 0.00000420. The summed E-state index contributed by atoms with van der Waals surface area (Å²) in [5, 5.41) is 9.24. The van der Waals surface area contributed by atoms with Crippen molar-refractivity contribution < 1.29 is 4.79 Å². The molecule has 8 heteroatoms. The summed E-state index contributed by atoms with van der Waals surface area (Å²) in [7, 11) is 0. The van der Waals surface area contributed by atoms with Crippen molar-refractivity contribution in [2.75, 3.05) is 24.7 Å². The molecule has 0 saturated heterocycles. The second-order valence-corrected chi connectivity index (χ2v) is 7.30. The van der Waals surface area contributed by atoms with Gasteiger partial charge in [0.1, 0.15) is 5.82 Å². The van der Waals surface area contributed by atoms with Crippen molar-refractivity contribution in [3.05, 3.63) is 53.2 Å². The number of nitrogens with one attached hydrogen (secondary N) is 3. The Hall–Kier alpha value is -1.81. The average Bonchev–Trinajstić information content (AvgIpc) is 2.68. The van der Waals surface area contributed by atoms with Gasteiger partial charge in [0.15, 0.2) is 5.96 Å². The summed E-state index contributed by atoms with van der Waals surface area (Å²) < 4.78 is 0. The summed E-state index contributed by atoms with van der Waals surface area (Å²) >= 11 is 1.73. The smallest absolute Gasteiger partial charge is 0.227 e. The van der Waals surface area contributed by atoms with Crippen molar-refractivity contribution in [2.24, 2.45) is 4.99 Å². The molecule has 1 aromatic carbocycles. The van der Waals surface area contributed by atoms with Gasteiger partial charge in [-0.2, -0.15) is 0 Å². The highest BCUT2D eigenvalue weighted by molar-refractivity contribution is 14.0. The number of aliphatic imine (C=N–C) groups is 1. The molecule has 158 valence electrons.